The van der Waals surface area contributed by atoms with E-state index in [4.69, 9.17) is 5.21 Å². The summed E-state index contributed by atoms with van der Waals surface area (Å²) >= 11 is 0. The first-order valence-electron chi connectivity index (χ1n) is 7.73. The molecule has 0 saturated carbocycles. The molecule has 8 heteroatoms. The van der Waals surface area contributed by atoms with Crippen molar-refractivity contribution in [1.29, 1.82) is 0 Å². The second kappa shape index (κ2) is 7.06. The van der Waals surface area contributed by atoms with Crippen LogP contribution in [0.5, 0.6) is 5.75 Å². The van der Waals surface area contributed by atoms with Crippen LogP contribution in [0.25, 0.3) is 11.1 Å². The number of benzene rings is 2. The third-order valence-corrected chi connectivity index (χ3v) is 4.07. The van der Waals surface area contributed by atoms with Crippen molar-refractivity contribution in [2.45, 2.75) is 6.42 Å². The van der Waals surface area contributed by atoms with E-state index >= 15 is 0 Å². The second-order valence-electron chi connectivity index (χ2n) is 5.81. The molecule has 0 radical (unpaired) electrons. The molecule has 1 heterocycles. The summed E-state index contributed by atoms with van der Waals surface area (Å²) in [4.78, 5) is 14.6. The summed E-state index contributed by atoms with van der Waals surface area (Å²) in [5.41, 5.74) is 2.94. The minimum Gasteiger partial charge on any atom is -0.507 e. The molecule has 8 nitrogen and oxygen atoms in total. The van der Waals surface area contributed by atoms with Crippen molar-refractivity contribution in [3.63, 3.8) is 0 Å². The van der Waals surface area contributed by atoms with Gasteiger partial charge in [-0.2, -0.15) is 0 Å². The van der Waals surface area contributed by atoms with Crippen molar-refractivity contribution >= 4 is 11.9 Å². The van der Waals surface area contributed by atoms with Gasteiger partial charge in [0.25, 0.3) is 5.69 Å². The fraction of sp³-hybridized carbons (Fsp3) is 0.111. The predicted molar refractivity (Wildman–Crippen MR) is 95.6 cm³/mol. The van der Waals surface area contributed by atoms with Crippen LogP contribution in [0.1, 0.15) is 16.8 Å². The van der Waals surface area contributed by atoms with Gasteiger partial charge >= 0.3 is 0 Å². The smallest absolute Gasteiger partial charge is 0.270 e. The van der Waals surface area contributed by atoms with Crippen LogP contribution in [0.15, 0.2) is 54.1 Å². The van der Waals surface area contributed by atoms with Crippen LogP contribution >= 0.6 is 0 Å². The van der Waals surface area contributed by atoms with Crippen LogP contribution in [-0.2, 0) is 13.5 Å². The third-order valence-electron chi connectivity index (χ3n) is 4.07. The van der Waals surface area contributed by atoms with E-state index in [1.54, 1.807) is 36.8 Å². The van der Waals surface area contributed by atoms with Crippen molar-refractivity contribution < 1.29 is 15.2 Å². The highest BCUT2D eigenvalue weighted by Gasteiger charge is 2.15. The van der Waals surface area contributed by atoms with E-state index in [0.717, 1.165) is 17.5 Å². The highest BCUT2D eigenvalue weighted by atomic mass is 16.6. The van der Waals surface area contributed by atoms with Gasteiger partial charge in [-0.1, -0.05) is 17.3 Å². The van der Waals surface area contributed by atoms with E-state index in [0.29, 0.717) is 23.1 Å². The predicted octanol–water partition coefficient (Wildman–Crippen LogP) is 3.10. The molecule has 2 aromatic carbocycles. The molecule has 1 aromatic heterocycles. The Morgan fingerprint density at radius 3 is 2.81 bits per heavy atom. The van der Waals surface area contributed by atoms with E-state index in [1.165, 1.54) is 12.1 Å². The first kappa shape index (κ1) is 17.2. The Labute approximate surface area is 148 Å². The topological polar surface area (TPSA) is 114 Å². The number of phenols is 1. The number of phenolic OH excluding ortho intramolecular Hbond substituents is 1. The number of nitrogens with zero attached hydrogens (tertiary/aromatic N) is 4. The number of nitro groups is 1. The molecule has 0 bridgehead atoms. The lowest BCUT2D eigenvalue weighted by Crippen LogP contribution is -1.99. The van der Waals surface area contributed by atoms with Crippen molar-refractivity contribution in [1.82, 2.24) is 9.55 Å². The molecule has 0 saturated heterocycles. The molecule has 26 heavy (non-hydrogen) atoms. The van der Waals surface area contributed by atoms with Gasteiger partial charge in [-0.3, -0.25) is 10.1 Å². The average molecular weight is 352 g/mol. The molecule has 0 unspecified atom stereocenters. The molecule has 0 aliphatic heterocycles. The number of imidazole rings is 1. The maximum Gasteiger partial charge on any atom is 0.270 e. The molecule has 0 amide bonds. The van der Waals surface area contributed by atoms with Crippen LogP contribution in [0, 0.1) is 10.1 Å². The molecule has 3 rings (SSSR count). The first-order valence-corrected chi connectivity index (χ1v) is 7.73. The number of rotatable bonds is 5. The largest absolute Gasteiger partial charge is 0.507 e. The lowest BCUT2D eigenvalue weighted by Gasteiger charge is -2.11. The molecular formula is C18H16N4O4. The number of aryl methyl sites for hydroxylation is 1. The molecule has 0 atom stereocenters. The first-order chi connectivity index (χ1) is 12.5. The fourth-order valence-electron chi connectivity index (χ4n) is 2.75. The molecular weight excluding hydrogens is 336 g/mol. The quantitative estimate of drug-likeness (QED) is 0.317. The van der Waals surface area contributed by atoms with Crippen LogP contribution in [0.2, 0.25) is 0 Å². The van der Waals surface area contributed by atoms with Crippen LogP contribution in [0.3, 0.4) is 0 Å². The van der Waals surface area contributed by atoms with E-state index in [9.17, 15) is 15.2 Å². The van der Waals surface area contributed by atoms with Crippen molar-refractivity contribution in [2.24, 2.45) is 12.2 Å². The molecule has 0 aliphatic carbocycles. The number of hydrogen-bond donors (Lipinski definition) is 2. The summed E-state index contributed by atoms with van der Waals surface area (Å²) in [7, 11) is 1.88. The Morgan fingerprint density at radius 2 is 2.15 bits per heavy atom. The number of aromatic hydroxyl groups is 1. The van der Waals surface area contributed by atoms with Gasteiger partial charge in [-0.25, -0.2) is 4.98 Å². The zero-order chi connectivity index (χ0) is 18.7. The van der Waals surface area contributed by atoms with Crippen molar-refractivity contribution in [3.8, 4) is 16.9 Å². The minimum absolute atomic E-state index is 0.0729. The number of hydrogen-bond acceptors (Lipinski definition) is 6. The number of non-ortho nitro benzene ring substituents is 1. The van der Waals surface area contributed by atoms with E-state index < -0.39 is 4.92 Å². The fourth-order valence-corrected chi connectivity index (χ4v) is 2.75. The zero-order valence-electron chi connectivity index (χ0n) is 13.9. The van der Waals surface area contributed by atoms with Gasteiger partial charge in [-0.05, 0) is 23.3 Å². The average Bonchev–Trinajstić information content (AvgIpc) is 3.02. The standard InChI is InChI=1S/C18H16N4O4/c1-21-11-19-10-16(21)6-12-5-14(9-20-24)18(23)17(7-12)13-3-2-4-15(8-13)22(25)26/h2-5,7-11,23-24H,6H2,1H3/b20-9+. The SMILES string of the molecule is Cn1cncc1Cc1cc(/C=N/O)c(O)c(-c2cccc([N+](=O)[O-])c2)c1. The summed E-state index contributed by atoms with van der Waals surface area (Å²) in [5, 5.41) is 33.4. The Morgan fingerprint density at radius 1 is 1.35 bits per heavy atom. The maximum absolute atomic E-state index is 11.0. The van der Waals surface area contributed by atoms with Gasteiger partial charge < -0.3 is 14.9 Å². The summed E-state index contributed by atoms with van der Waals surface area (Å²) in [6.07, 6.45) is 5.08. The number of aromatic nitrogens is 2. The van der Waals surface area contributed by atoms with Gasteiger partial charge in [0.2, 0.25) is 0 Å². The van der Waals surface area contributed by atoms with Crippen molar-refractivity contribution in [2.75, 3.05) is 0 Å². The Bertz CT molecular complexity index is 995. The highest BCUT2D eigenvalue weighted by Crippen LogP contribution is 2.35. The van der Waals surface area contributed by atoms with Gasteiger partial charge in [0.15, 0.2) is 0 Å². The maximum atomic E-state index is 11.0. The summed E-state index contributed by atoms with van der Waals surface area (Å²) in [6, 6.07) is 9.47. The monoisotopic (exact) mass is 352 g/mol. The van der Waals surface area contributed by atoms with E-state index in [1.807, 2.05) is 11.6 Å². The molecule has 0 aliphatic rings. The van der Waals surface area contributed by atoms with E-state index in [2.05, 4.69) is 10.1 Å². The molecule has 3 aromatic rings. The Balaban J connectivity index is 2.13. The number of nitro benzene ring substituents is 1. The normalized spacial score (nSPS) is 11.1. The molecule has 2 N–H and O–H groups in total. The second-order valence-corrected chi connectivity index (χ2v) is 5.81. The molecule has 132 valence electrons. The summed E-state index contributed by atoms with van der Waals surface area (Å²) < 4.78 is 1.87. The van der Waals surface area contributed by atoms with Crippen LogP contribution < -0.4 is 0 Å². The van der Waals surface area contributed by atoms with Gasteiger partial charge in [0.05, 0.1) is 17.5 Å². The number of oxime groups is 1. The van der Waals surface area contributed by atoms with Crippen LogP contribution in [-0.4, -0.2) is 31.0 Å². The molecule has 0 spiro atoms. The van der Waals surface area contributed by atoms with Crippen molar-refractivity contribution in [3.05, 3.63) is 75.9 Å². The van der Waals surface area contributed by atoms with Gasteiger partial charge in [-0.15, -0.1) is 0 Å². The molecule has 0 fully saturated rings. The highest BCUT2D eigenvalue weighted by molar-refractivity contribution is 5.89. The Hall–Kier alpha value is -3.68. The van der Waals surface area contributed by atoms with Gasteiger partial charge in [0, 0.05) is 48.6 Å². The third kappa shape index (κ3) is 3.39. The lowest BCUT2D eigenvalue weighted by atomic mass is 9.96. The lowest BCUT2D eigenvalue weighted by molar-refractivity contribution is -0.384. The minimum atomic E-state index is -0.490. The summed E-state index contributed by atoms with van der Waals surface area (Å²) in [6.45, 7) is 0. The zero-order valence-corrected chi connectivity index (χ0v) is 13.9. The van der Waals surface area contributed by atoms with E-state index in [-0.39, 0.29) is 11.4 Å². The Kier molecular flexibility index (Phi) is 4.66. The van der Waals surface area contributed by atoms with Crippen LogP contribution in [0.4, 0.5) is 5.69 Å². The van der Waals surface area contributed by atoms with Gasteiger partial charge in [0.1, 0.15) is 5.75 Å². The summed E-state index contributed by atoms with van der Waals surface area (Å²) in [5.74, 6) is -0.114.